The summed E-state index contributed by atoms with van der Waals surface area (Å²) in [7, 11) is 0. The third-order valence-corrected chi connectivity index (χ3v) is 7.85. The highest BCUT2D eigenvalue weighted by Gasteiger charge is 2.49. The van der Waals surface area contributed by atoms with Gasteiger partial charge in [0.05, 0.1) is 11.8 Å². The zero-order valence-corrected chi connectivity index (χ0v) is 20.3. The van der Waals surface area contributed by atoms with E-state index in [1.54, 1.807) is 6.33 Å². The lowest BCUT2D eigenvalue weighted by atomic mass is 9.79. The van der Waals surface area contributed by atoms with E-state index in [1.165, 1.54) is 22.4 Å². The number of anilines is 2. The Morgan fingerprint density at radius 2 is 1.91 bits per heavy atom. The summed E-state index contributed by atoms with van der Waals surface area (Å²) < 4.78 is 0. The van der Waals surface area contributed by atoms with Gasteiger partial charge in [-0.3, -0.25) is 4.90 Å². The fourth-order valence-electron chi connectivity index (χ4n) is 6.43. The molecule has 7 heteroatoms. The Labute approximate surface area is 207 Å². The van der Waals surface area contributed by atoms with E-state index in [4.69, 9.17) is 10.7 Å². The number of benzene rings is 2. The third kappa shape index (κ3) is 3.60. The molecule has 0 bridgehead atoms. The van der Waals surface area contributed by atoms with Gasteiger partial charge < -0.3 is 15.7 Å². The van der Waals surface area contributed by atoms with E-state index in [-0.39, 0.29) is 23.7 Å². The molecule has 1 aromatic heterocycles. The zero-order chi connectivity index (χ0) is 22.6. The summed E-state index contributed by atoms with van der Waals surface area (Å²) in [6.07, 6.45) is 2.92. The number of likely N-dealkylation sites (tertiary alicyclic amines) is 1. The summed E-state index contributed by atoms with van der Waals surface area (Å²) in [4.78, 5) is 14.2. The van der Waals surface area contributed by atoms with Crippen molar-refractivity contribution in [2.45, 2.75) is 50.3 Å². The smallest absolute Gasteiger partial charge is 0.140 e. The highest BCUT2D eigenvalue weighted by Crippen LogP contribution is 2.53. The van der Waals surface area contributed by atoms with Crippen LogP contribution in [0.25, 0.3) is 0 Å². The molecule has 6 rings (SSSR count). The molecule has 1 fully saturated rings. The van der Waals surface area contributed by atoms with Gasteiger partial charge in [0.1, 0.15) is 12.1 Å². The summed E-state index contributed by atoms with van der Waals surface area (Å²) in [5.41, 5.74) is 13.4. The van der Waals surface area contributed by atoms with E-state index in [2.05, 4.69) is 70.2 Å². The molecule has 1 spiro atoms. The number of hydrogen-bond acceptors (Lipinski definition) is 6. The van der Waals surface area contributed by atoms with Crippen LogP contribution in [0.4, 0.5) is 11.5 Å². The molecule has 3 heterocycles. The van der Waals surface area contributed by atoms with Gasteiger partial charge in [-0.2, -0.15) is 0 Å². The molecule has 3 atom stereocenters. The Hall–Kier alpha value is -2.51. The van der Waals surface area contributed by atoms with Crippen LogP contribution in [0.3, 0.4) is 0 Å². The summed E-state index contributed by atoms with van der Waals surface area (Å²) in [6.45, 7) is 6.63. The Bertz CT molecular complexity index is 1190. The maximum atomic E-state index is 10.5. The van der Waals surface area contributed by atoms with Crippen LogP contribution < -0.4 is 10.6 Å². The summed E-state index contributed by atoms with van der Waals surface area (Å²) >= 11 is 0. The van der Waals surface area contributed by atoms with E-state index in [0.717, 1.165) is 49.7 Å². The number of aromatic nitrogens is 2. The van der Waals surface area contributed by atoms with E-state index < -0.39 is 6.10 Å². The van der Waals surface area contributed by atoms with Crippen molar-refractivity contribution in [3.8, 4) is 0 Å². The maximum Gasteiger partial charge on any atom is 0.140 e. The normalized spacial score (nSPS) is 25.4. The number of halogens is 1. The molecule has 0 radical (unpaired) electrons. The zero-order valence-electron chi connectivity index (χ0n) is 19.5. The van der Waals surface area contributed by atoms with Gasteiger partial charge in [-0.1, -0.05) is 49.4 Å². The molecule has 3 N–H and O–H groups in total. The van der Waals surface area contributed by atoms with E-state index in [1.807, 2.05) is 0 Å². The molecule has 1 aliphatic carbocycles. The molecular formula is C27H32ClN5O. The Morgan fingerprint density at radius 3 is 2.71 bits per heavy atom. The predicted molar refractivity (Wildman–Crippen MR) is 137 cm³/mol. The molecule has 178 valence electrons. The van der Waals surface area contributed by atoms with E-state index in [0.29, 0.717) is 13.0 Å². The largest absolute Gasteiger partial charge is 0.387 e. The number of nitrogens with zero attached hydrogens (tertiary/aromatic N) is 4. The molecule has 6 nitrogen and oxygen atoms in total. The first kappa shape index (κ1) is 23.2. The van der Waals surface area contributed by atoms with Crippen molar-refractivity contribution < 1.29 is 5.11 Å². The van der Waals surface area contributed by atoms with Crippen LogP contribution in [-0.4, -0.2) is 39.6 Å². The predicted octanol–water partition coefficient (Wildman–Crippen LogP) is 4.19. The lowest BCUT2D eigenvalue weighted by molar-refractivity contribution is 0.170. The van der Waals surface area contributed by atoms with Gasteiger partial charge in [0.2, 0.25) is 0 Å². The minimum Gasteiger partial charge on any atom is -0.387 e. The average Bonchev–Trinajstić information content (AvgIpc) is 3.49. The fraction of sp³-hybridized carbons (Fsp3) is 0.407. The number of fused-ring (bicyclic) bond motifs is 3. The van der Waals surface area contributed by atoms with Gasteiger partial charge >= 0.3 is 0 Å². The van der Waals surface area contributed by atoms with Crippen molar-refractivity contribution in [2.24, 2.45) is 5.73 Å². The van der Waals surface area contributed by atoms with Crippen LogP contribution in [-0.2, 0) is 18.5 Å². The highest BCUT2D eigenvalue weighted by atomic mass is 35.5. The maximum absolute atomic E-state index is 10.5. The van der Waals surface area contributed by atoms with Crippen LogP contribution in [0, 0.1) is 0 Å². The lowest BCUT2D eigenvalue weighted by Crippen LogP contribution is -2.36. The van der Waals surface area contributed by atoms with Crippen LogP contribution in [0.15, 0.2) is 54.9 Å². The Kier molecular flexibility index (Phi) is 6.10. The minimum atomic E-state index is -0.504. The second kappa shape index (κ2) is 8.93. The first-order valence-corrected chi connectivity index (χ1v) is 12.0. The van der Waals surface area contributed by atoms with Crippen molar-refractivity contribution in [2.75, 3.05) is 24.5 Å². The van der Waals surface area contributed by atoms with Gasteiger partial charge in [-0.15, -0.1) is 12.4 Å². The van der Waals surface area contributed by atoms with Crippen molar-refractivity contribution in [1.29, 1.82) is 0 Å². The summed E-state index contributed by atoms with van der Waals surface area (Å²) in [5.74, 6) is 1.19. The molecule has 0 unspecified atom stereocenters. The van der Waals surface area contributed by atoms with Crippen molar-refractivity contribution in [3.05, 3.63) is 82.8 Å². The van der Waals surface area contributed by atoms with Crippen LogP contribution in [0.2, 0.25) is 0 Å². The molecule has 2 aromatic carbocycles. The van der Waals surface area contributed by atoms with Gasteiger partial charge in [-0.05, 0) is 48.1 Å². The standard InChI is InChI=1S/C27H31N5O.ClH/c1-18-12-22(33)25-23(18)26(30-17-29-25)32-16-27(24-20(13-28)8-5-9-21(24)32)10-11-31(15-27)14-19-6-3-2-4-7-19;/h2-9,17-18,22,33H,10-16,28H2,1H3;1H/t18-,22-,27-;/m1./s1. The van der Waals surface area contributed by atoms with E-state index >= 15 is 0 Å². The first-order chi connectivity index (χ1) is 16.1. The SMILES string of the molecule is C[C@@H]1C[C@@H](O)c2ncnc(N3C[C@]4(CCN(Cc5ccccc5)C4)c4c(CN)cccc43)c21.Cl. The van der Waals surface area contributed by atoms with Crippen molar-refractivity contribution in [3.63, 3.8) is 0 Å². The second-order valence-electron chi connectivity index (χ2n) is 9.98. The van der Waals surface area contributed by atoms with Crippen molar-refractivity contribution in [1.82, 2.24) is 14.9 Å². The quantitative estimate of drug-likeness (QED) is 0.586. The second-order valence-corrected chi connectivity index (χ2v) is 9.98. The van der Waals surface area contributed by atoms with Gasteiger partial charge in [0, 0.05) is 42.8 Å². The Balaban J connectivity index is 0.00000241. The molecule has 0 saturated carbocycles. The van der Waals surface area contributed by atoms with Gasteiger partial charge in [0.15, 0.2) is 0 Å². The molecule has 2 aliphatic heterocycles. The van der Waals surface area contributed by atoms with E-state index in [9.17, 15) is 5.11 Å². The number of rotatable bonds is 4. The molecule has 1 saturated heterocycles. The number of aliphatic hydroxyl groups excluding tert-OH is 1. The summed E-state index contributed by atoms with van der Waals surface area (Å²) in [5, 5.41) is 10.5. The van der Waals surface area contributed by atoms with Crippen LogP contribution >= 0.6 is 12.4 Å². The highest BCUT2D eigenvalue weighted by molar-refractivity contribution is 5.85. The number of aliphatic hydroxyl groups is 1. The average molecular weight is 478 g/mol. The topological polar surface area (TPSA) is 78.5 Å². The number of nitrogens with two attached hydrogens (primary N) is 1. The Morgan fingerprint density at radius 1 is 1.09 bits per heavy atom. The monoisotopic (exact) mass is 477 g/mol. The summed E-state index contributed by atoms with van der Waals surface area (Å²) in [6, 6.07) is 17.2. The lowest BCUT2D eigenvalue weighted by Gasteiger charge is -2.28. The van der Waals surface area contributed by atoms with Gasteiger partial charge in [-0.25, -0.2) is 9.97 Å². The molecule has 0 amide bonds. The fourth-order valence-corrected chi connectivity index (χ4v) is 6.43. The third-order valence-electron chi connectivity index (χ3n) is 7.85. The van der Waals surface area contributed by atoms with Crippen LogP contribution in [0.5, 0.6) is 0 Å². The molecule has 3 aliphatic rings. The molecule has 34 heavy (non-hydrogen) atoms. The van der Waals surface area contributed by atoms with Gasteiger partial charge in [0.25, 0.3) is 0 Å². The minimum absolute atomic E-state index is 0. The molecular weight excluding hydrogens is 446 g/mol. The van der Waals surface area contributed by atoms with Crippen LogP contribution in [0.1, 0.15) is 59.7 Å². The molecule has 3 aromatic rings. The van der Waals surface area contributed by atoms with Crippen molar-refractivity contribution >= 4 is 23.9 Å². The number of hydrogen-bond donors (Lipinski definition) is 2. The first-order valence-electron chi connectivity index (χ1n) is 12.0.